The van der Waals surface area contributed by atoms with Gasteiger partial charge in [-0.3, -0.25) is 4.79 Å². The van der Waals surface area contributed by atoms with Crippen molar-refractivity contribution >= 4 is 28.7 Å². The average Bonchev–Trinajstić information content (AvgIpc) is 2.36. The first kappa shape index (κ1) is 8.71. The smallest absolute Gasteiger partial charge is 0.175 e. The Morgan fingerprint density at radius 2 is 2.36 bits per heavy atom. The Morgan fingerprint density at radius 1 is 1.64 bits per heavy atom. The summed E-state index contributed by atoms with van der Waals surface area (Å²) in [6, 6.07) is 3.35. The number of hydrogen-bond acceptors (Lipinski definition) is 3. The monoisotopic (exact) mass is 190 g/mol. The molecule has 0 atom stereocenters. The second kappa shape index (κ2) is 3.85. The molecule has 1 heterocycles. The lowest BCUT2D eigenvalue weighted by atomic mass is 10.2. The number of aliphatic hydroxyl groups excluding tert-OH is 1. The van der Waals surface area contributed by atoms with Crippen molar-refractivity contribution in [3.63, 3.8) is 0 Å². The number of thiophene rings is 1. The van der Waals surface area contributed by atoms with Crippen LogP contribution in [0.1, 0.15) is 16.1 Å². The van der Waals surface area contributed by atoms with Crippen LogP contribution in [0.2, 0.25) is 4.34 Å². The van der Waals surface area contributed by atoms with Crippen molar-refractivity contribution in [1.29, 1.82) is 0 Å². The third-order valence-corrected chi connectivity index (χ3v) is 2.46. The maximum atomic E-state index is 11.0. The van der Waals surface area contributed by atoms with Crippen molar-refractivity contribution in [1.82, 2.24) is 0 Å². The van der Waals surface area contributed by atoms with Crippen LogP contribution in [-0.2, 0) is 0 Å². The Labute approximate surface area is 73.4 Å². The number of carbonyl (C=O) groups is 1. The van der Waals surface area contributed by atoms with Gasteiger partial charge in [0.2, 0.25) is 0 Å². The first-order chi connectivity index (χ1) is 5.24. The highest BCUT2D eigenvalue weighted by Crippen LogP contribution is 2.22. The van der Waals surface area contributed by atoms with Gasteiger partial charge in [-0.25, -0.2) is 0 Å². The highest BCUT2D eigenvalue weighted by atomic mass is 35.5. The van der Waals surface area contributed by atoms with E-state index < -0.39 is 0 Å². The van der Waals surface area contributed by atoms with Crippen molar-refractivity contribution in [3.8, 4) is 0 Å². The zero-order valence-electron chi connectivity index (χ0n) is 5.71. The molecule has 0 saturated carbocycles. The highest BCUT2D eigenvalue weighted by Gasteiger charge is 2.06. The van der Waals surface area contributed by atoms with Gasteiger partial charge in [0.1, 0.15) is 0 Å². The van der Waals surface area contributed by atoms with E-state index in [0.717, 1.165) is 0 Å². The molecule has 1 rings (SSSR count). The van der Waals surface area contributed by atoms with E-state index in [-0.39, 0.29) is 18.8 Å². The second-order valence-electron chi connectivity index (χ2n) is 2.00. The normalized spacial score (nSPS) is 10.0. The van der Waals surface area contributed by atoms with E-state index in [4.69, 9.17) is 16.7 Å². The van der Waals surface area contributed by atoms with Gasteiger partial charge in [-0.1, -0.05) is 11.6 Å². The summed E-state index contributed by atoms with van der Waals surface area (Å²) in [5, 5.41) is 8.46. The zero-order chi connectivity index (χ0) is 8.27. The van der Waals surface area contributed by atoms with Gasteiger partial charge < -0.3 is 5.11 Å². The number of hydrogen-bond donors (Lipinski definition) is 1. The van der Waals surface area contributed by atoms with Gasteiger partial charge >= 0.3 is 0 Å². The summed E-state index contributed by atoms with van der Waals surface area (Å²) >= 11 is 6.85. The van der Waals surface area contributed by atoms with Crippen molar-refractivity contribution in [2.24, 2.45) is 0 Å². The Kier molecular flexibility index (Phi) is 3.05. The lowest BCUT2D eigenvalue weighted by Crippen LogP contribution is -1.98. The zero-order valence-corrected chi connectivity index (χ0v) is 7.28. The van der Waals surface area contributed by atoms with Crippen LogP contribution < -0.4 is 0 Å². The fraction of sp³-hybridized carbons (Fsp3) is 0.286. The van der Waals surface area contributed by atoms with E-state index in [1.165, 1.54) is 11.3 Å². The summed E-state index contributed by atoms with van der Waals surface area (Å²) in [7, 11) is 0. The molecule has 4 heteroatoms. The van der Waals surface area contributed by atoms with Gasteiger partial charge in [-0.15, -0.1) is 11.3 Å². The molecule has 1 N–H and O–H groups in total. The minimum absolute atomic E-state index is 0.0515. The molecular formula is C7H7ClO2S. The SMILES string of the molecule is O=C(CCO)c1ccc(Cl)s1. The lowest BCUT2D eigenvalue weighted by Gasteiger charge is -1.90. The van der Waals surface area contributed by atoms with Crippen LogP contribution in [0.25, 0.3) is 0 Å². The molecule has 0 bridgehead atoms. The average molecular weight is 191 g/mol. The highest BCUT2D eigenvalue weighted by molar-refractivity contribution is 7.18. The molecule has 0 fully saturated rings. The summed E-state index contributed by atoms with van der Waals surface area (Å²) < 4.78 is 0.603. The van der Waals surface area contributed by atoms with Gasteiger partial charge in [-0.05, 0) is 12.1 Å². The number of halogens is 1. The Hall–Kier alpha value is -0.380. The number of ketones is 1. The third kappa shape index (κ3) is 2.29. The molecule has 1 aromatic rings. The summed E-state index contributed by atoms with van der Waals surface area (Å²) in [4.78, 5) is 11.7. The van der Waals surface area contributed by atoms with Gasteiger partial charge in [-0.2, -0.15) is 0 Å². The van der Waals surface area contributed by atoms with E-state index in [2.05, 4.69) is 0 Å². The fourth-order valence-electron chi connectivity index (χ4n) is 0.689. The van der Waals surface area contributed by atoms with Crippen LogP contribution in [0.3, 0.4) is 0 Å². The lowest BCUT2D eigenvalue weighted by molar-refractivity contribution is 0.0960. The van der Waals surface area contributed by atoms with E-state index >= 15 is 0 Å². The molecule has 0 spiro atoms. The molecule has 0 radical (unpaired) electrons. The first-order valence-electron chi connectivity index (χ1n) is 3.13. The molecule has 2 nitrogen and oxygen atoms in total. The fourth-order valence-corrected chi connectivity index (χ4v) is 1.70. The number of Topliss-reactive ketones (excluding diaryl/α,β-unsaturated/α-hetero) is 1. The third-order valence-electron chi connectivity index (χ3n) is 1.19. The largest absolute Gasteiger partial charge is 0.396 e. The van der Waals surface area contributed by atoms with Crippen molar-refractivity contribution in [2.75, 3.05) is 6.61 Å². The molecule has 60 valence electrons. The minimum atomic E-state index is -0.103. The van der Waals surface area contributed by atoms with Crippen LogP contribution in [0.4, 0.5) is 0 Å². The molecule has 0 aliphatic carbocycles. The molecule has 0 aliphatic rings. The van der Waals surface area contributed by atoms with E-state index in [1.54, 1.807) is 12.1 Å². The van der Waals surface area contributed by atoms with Gasteiger partial charge in [0.15, 0.2) is 5.78 Å². The van der Waals surface area contributed by atoms with Crippen LogP contribution in [0, 0.1) is 0 Å². The van der Waals surface area contributed by atoms with Gasteiger partial charge in [0.05, 0.1) is 15.8 Å². The van der Waals surface area contributed by atoms with Crippen LogP contribution >= 0.6 is 22.9 Å². The van der Waals surface area contributed by atoms with Crippen LogP contribution in [-0.4, -0.2) is 17.5 Å². The Morgan fingerprint density at radius 3 is 2.82 bits per heavy atom. The molecule has 0 aliphatic heterocycles. The molecule has 0 saturated heterocycles. The first-order valence-corrected chi connectivity index (χ1v) is 4.33. The van der Waals surface area contributed by atoms with Crippen LogP contribution in [0.15, 0.2) is 12.1 Å². The van der Waals surface area contributed by atoms with Crippen LogP contribution in [0.5, 0.6) is 0 Å². The van der Waals surface area contributed by atoms with E-state index in [1.807, 2.05) is 0 Å². The van der Waals surface area contributed by atoms with E-state index in [0.29, 0.717) is 9.21 Å². The molecule has 0 aromatic carbocycles. The molecule has 0 unspecified atom stereocenters. The predicted molar refractivity (Wildman–Crippen MR) is 45.4 cm³/mol. The molecular weight excluding hydrogens is 184 g/mol. The summed E-state index contributed by atoms with van der Waals surface area (Å²) in [6.45, 7) is -0.103. The topological polar surface area (TPSA) is 37.3 Å². The molecule has 0 amide bonds. The number of rotatable bonds is 3. The maximum absolute atomic E-state index is 11.0. The Bertz CT molecular complexity index is 257. The summed E-state index contributed by atoms with van der Waals surface area (Å²) in [6.07, 6.45) is 0.177. The van der Waals surface area contributed by atoms with Crippen molar-refractivity contribution in [2.45, 2.75) is 6.42 Å². The summed E-state index contributed by atoms with van der Waals surface area (Å²) in [5.41, 5.74) is 0. The summed E-state index contributed by atoms with van der Waals surface area (Å²) in [5.74, 6) is -0.0515. The minimum Gasteiger partial charge on any atom is -0.396 e. The second-order valence-corrected chi connectivity index (χ2v) is 3.72. The van der Waals surface area contributed by atoms with Gasteiger partial charge in [0.25, 0.3) is 0 Å². The standard InChI is InChI=1S/C7H7ClO2S/c8-7-2-1-6(11-7)5(10)3-4-9/h1-2,9H,3-4H2. The van der Waals surface area contributed by atoms with Gasteiger partial charge in [0, 0.05) is 6.42 Å². The number of carbonyl (C=O) groups excluding carboxylic acids is 1. The predicted octanol–water partition coefficient (Wildman–Crippen LogP) is 1.97. The quantitative estimate of drug-likeness (QED) is 0.740. The van der Waals surface area contributed by atoms with Crippen molar-refractivity contribution in [3.05, 3.63) is 21.3 Å². The Balaban J connectivity index is 2.69. The molecule has 1 aromatic heterocycles. The maximum Gasteiger partial charge on any atom is 0.175 e. The molecule has 11 heavy (non-hydrogen) atoms. The number of aliphatic hydroxyl groups is 1. The van der Waals surface area contributed by atoms with Crippen molar-refractivity contribution < 1.29 is 9.90 Å². The van der Waals surface area contributed by atoms with E-state index in [9.17, 15) is 4.79 Å².